The Morgan fingerprint density at radius 2 is 2.00 bits per heavy atom. The summed E-state index contributed by atoms with van der Waals surface area (Å²) in [5, 5.41) is 19.9. The van der Waals surface area contributed by atoms with Crippen molar-refractivity contribution in [3.63, 3.8) is 0 Å². The summed E-state index contributed by atoms with van der Waals surface area (Å²) in [5.41, 5.74) is 1.28. The van der Waals surface area contributed by atoms with Gasteiger partial charge in [-0.2, -0.15) is 0 Å². The van der Waals surface area contributed by atoms with Gasteiger partial charge in [-0.1, -0.05) is 18.2 Å². The largest absolute Gasteiger partial charge is 0.488 e. The van der Waals surface area contributed by atoms with E-state index in [9.17, 15) is 14.9 Å². The molecule has 2 aromatic carbocycles. The highest BCUT2D eigenvalue weighted by molar-refractivity contribution is 5.88. The number of ether oxygens (including phenoxy) is 1. The van der Waals surface area contributed by atoms with Crippen LogP contribution in [0, 0.1) is 17.0 Å². The molecular formula is C15H13NO5. The van der Waals surface area contributed by atoms with Gasteiger partial charge in [0.15, 0.2) is 0 Å². The average Bonchev–Trinajstić information content (AvgIpc) is 2.46. The van der Waals surface area contributed by atoms with Crippen molar-refractivity contribution in [1.82, 2.24) is 0 Å². The van der Waals surface area contributed by atoms with Crippen molar-refractivity contribution in [3.8, 4) is 5.75 Å². The molecule has 2 rings (SSSR count). The van der Waals surface area contributed by atoms with Crippen molar-refractivity contribution < 1.29 is 19.6 Å². The summed E-state index contributed by atoms with van der Waals surface area (Å²) in [6.45, 7) is 1.78. The van der Waals surface area contributed by atoms with Crippen molar-refractivity contribution in [1.29, 1.82) is 0 Å². The third-order valence-corrected chi connectivity index (χ3v) is 3.01. The van der Waals surface area contributed by atoms with E-state index in [0.717, 1.165) is 5.56 Å². The Kier molecular flexibility index (Phi) is 4.18. The first kappa shape index (κ1) is 14.5. The van der Waals surface area contributed by atoms with Gasteiger partial charge in [0.25, 0.3) is 5.69 Å². The third kappa shape index (κ3) is 3.36. The van der Waals surface area contributed by atoms with Gasteiger partial charge in [0.2, 0.25) is 0 Å². The molecule has 21 heavy (non-hydrogen) atoms. The quantitative estimate of drug-likeness (QED) is 0.673. The molecule has 0 aromatic heterocycles. The number of hydrogen-bond acceptors (Lipinski definition) is 4. The third-order valence-electron chi connectivity index (χ3n) is 3.01. The molecule has 0 aliphatic heterocycles. The van der Waals surface area contributed by atoms with Gasteiger partial charge in [0.05, 0.1) is 16.1 Å². The molecule has 0 saturated carbocycles. The number of benzene rings is 2. The fraction of sp³-hybridized carbons (Fsp3) is 0.133. The number of carboxylic acids is 1. The van der Waals surface area contributed by atoms with E-state index in [1.54, 1.807) is 31.2 Å². The minimum absolute atomic E-state index is 0.00106. The van der Waals surface area contributed by atoms with Crippen LogP contribution < -0.4 is 4.74 Å². The molecule has 0 amide bonds. The van der Waals surface area contributed by atoms with Gasteiger partial charge in [0.1, 0.15) is 12.4 Å². The number of carboxylic acid groups (broad SMARTS) is 1. The first-order valence-electron chi connectivity index (χ1n) is 6.18. The lowest BCUT2D eigenvalue weighted by Crippen LogP contribution is -2.03. The number of aryl methyl sites for hydroxylation is 1. The van der Waals surface area contributed by atoms with Crippen LogP contribution in [0.3, 0.4) is 0 Å². The molecule has 0 atom stereocenters. The molecule has 6 heteroatoms. The highest BCUT2D eigenvalue weighted by Gasteiger charge is 2.14. The summed E-state index contributed by atoms with van der Waals surface area (Å²) in [6.07, 6.45) is 0. The molecule has 0 unspecified atom stereocenters. The van der Waals surface area contributed by atoms with E-state index in [0.29, 0.717) is 11.3 Å². The maximum Gasteiger partial charge on any atom is 0.335 e. The fourth-order valence-corrected chi connectivity index (χ4v) is 1.86. The van der Waals surface area contributed by atoms with Crippen LogP contribution in [0.25, 0.3) is 0 Å². The monoisotopic (exact) mass is 287 g/mol. The Balaban J connectivity index is 2.22. The van der Waals surface area contributed by atoms with Crippen LogP contribution in [0.1, 0.15) is 21.5 Å². The molecule has 0 aliphatic carbocycles. The first-order chi connectivity index (χ1) is 9.99. The van der Waals surface area contributed by atoms with Crippen LogP contribution in [-0.2, 0) is 6.61 Å². The summed E-state index contributed by atoms with van der Waals surface area (Å²) >= 11 is 0. The Hall–Kier alpha value is -2.89. The highest BCUT2D eigenvalue weighted by atomic mass is 16.6. The van der Waals surface area contributed by atoms with Crippen molar-refractivity contribution in [2.24, 2.45) is 0 Å². The van der Waals surface area contributed by atoms with Crippen molar-refractivity contribution >= 4 is 11.7 Å². The maximum absolute atomic E-state index is 10.9. The molecule has 0 heterocycles. The van der Waals surface area contributed by atoms with E-state index in [2.05, 4.69) is 0 Å². The minimum Gasteiger partial charge on any atom is -0.488 e. The average molecular weight is 287 g/mol. The Bertz CT molecular complexity index is 696. The fourth-order valence-electron chi connectivity index (χ4n) is 1.86. The van der Waals surface area contributed by atoms with Crippen LogP contribution >= 0.6 is 0 Å². The van der Waals surface area contributed by atoms with Crippen LogP contribution in [0.2, 0.25) is 0 Å². The predicted octanol–water partition coefficient (Wildman–Crippen LogP) is 3.18. The van der Waals surface area contributed by atoms with Crippen molar-refractivity contribution in [2.45, 2.75) is 13.5 Å². The molecule has 0 radical (unpaired) electrons. The molecule has 6 nitrogen and oxygen atoms in total. The van der Waals surface area contributed by atoms with E-state index in [-0.39, 0.29) is 17.9 Å². The van der Waals surface area contributed by atoms with E-state index in [1.165, 1.54) is 18.2 Å². The smallest absolute Gasteiger partial charge is 0.335 e. The lowest BCUT2D eigenvalue weighted by atomic mass is 10.1. The molecule has 2 aromatic rings. The van der Waals surface area contributed by atoms with E-state index in [1.807, 2.05) is 0 Å². The number of para-hydroxylation sites is 1. The standard InChI is InChI=1S/C15H13NO5/c1-10-6-7-11(15(17)18)8-14(10)21-9-12-4-2-3-5-13(12)16(19)20/h2-8H,9H2,1H3,(H,17,18). The van der Waals surface area contributed by atoms with Gasteiger partial charge >= 0.3 is 5.97 Å². The summed E-state index contributed by atoms with van der Waals surface area (Å²) in [6, 6.07) is 10.8. The zero-order valence-corrected chi connectivity index (χ0v) is 11.3. The van der Waals surface area contributed by atoms with Crippen LogP contribution in [0.15, 0.2) is 42.5 Å². The lowest BCUT2D eigenvalue weighted by Gasteiger charge is -2.10. The molecule has 0 fully saturated rings. The topological polar surface area (TPSA) is 89.7 Å². The van der Waals surface area contributed by atoms with Crippen LogP contribution in [-0.4, -0.2) is 16.0 Å². The molecule has 0 bridgehead atoms. The molecular weight excluding hydrogens is 274 g/mol. The number of aromatic carboxylic acids is 1. The first-order valence-corrected chi connectivity index (χ1v) is 6.18. The molecule has 0 spiro atoms. The van der Waals surface area contributed by atoms with E-state index < -0.39 is 10.9 Å². The van der Waals surface area contributed by atoms with Gasteiger partial charge in [-0.05, 0) is 30.7 Å². The summed E-state index contributed by atoms with van der Waals surface area (Å²) < 4.78 is 5.54. The summed E-state index contributed by atoms with van der Waals surface area (Å²) in [5.74, 6) is -0.654. The van der Waals surface area contributed by atoms with Crippen LogP contribution in [0.4, 0.5) is 5.69 Å². The highest BCUT2D eigenvalue weighted by Crippen LogP contribution is 2.23. The zero-order valence-electron chi connectivity index (χ0n) is 11.3. The SMILES string of the molecule is Cc1ccc(C(=O)O)cc1OCc1ccccc1[N+](=O)[O-]. The second-order valence-corrected chi connectivity index (χ2v) is 4.46. The minimum atomic E-state index is -1.05. The Morgan fingerprint density at radius 3 is 2.67 bits per heavy atom. The molecule has 1 N–H and O–H groups in total. The predicted molar refractivity (Wildman–Crippen MR) is 75.6 cm³/mol. The second-order valence-electron chi connectivity index (χ2n) is 4.46. The molecule has 0 aliphatic rings. The van der Waals surface area contributed by atoms with E-state index in [4.69, 9.17) is 9.84 Å². The number of carbonyl (C=O) groups is 1. The van der Waals surface area contributed by atoms with Crippen LogP contribution in [0.5, 0.6) is 5.75 Å². The number of hydrogen-bond donors (Lipinski definition) is 1. The normalized spacial score (nSPS) is 10.1. The van der Waals surface area contributed by atoms with Gasteiger partial charge in [0, 0.05) is 6.07 Å². The number of nitro benzene ring substituents is 1. The molecule has 108 valence electrons. The number of nitro groups is 1. The second kappa shape index (κ2) is 6.04. The summed E-state index contributed by atoms with van der Waals surface area (Å²) in [4.78, 5) is 21.4. The van der Waals surface area contributed by atoms with Gasteiger partial charge in [-0.3, -0.25) is 10.1 Å². The van der Waals surface area contributed by atoms with Crippen molar-refractivity contribution in [2.75, 3.05) is 0 Å². The zero-order chi connectivity index (χ0) is 15.4. The Labute approximate surface area is 120 Å². The maximum atomic E-state index is 10.9. The lowest BCUT2D eigenvalue weighted by molar-refractivity contribution is -0.385. The Morgan fingerprint density at radius 1 is 1.29 bits per heavy atom. The number of nitrogens with zero attached hydrogens (tertiary/aromatic N) is 1. The summed E-state index contributed by atoms with van der Waals surface area (Å²) in [7, 11) is 0. The van der Waals surface area contributed by atoms with Gasteiger partial charge in [-0.25, -0.2) is 4.79 Å². The van der Waals surface area contributed by atoms with Crippen molar-refractivity contribution in [3.05, 3.63) is 69.3 Å². The van der Waals surface area contributed by atoms with Gasteiger partial charge < -0.3 is 9.84 Å². The molecule has 0 saturated heterocycles. The van der Waals surface area contributed by atoms with Gasteiger partial charge in [-0.15, -0.1) is 0 Å². The number of rotatable bonds is 5. The van der Waals surface area contributed by atoms with E-state index >= 15 is 0 Å².